The van der Waals surface area contributed by atoms with Crippen LogP contribution >= 0.6 is 0 Å². The van der Waals surface area contributed by atoms with Gasteiger partial charge >= 0.3 is 0 Å². The molecule has 0 aromatic heterocycles. The lowest BCUT2D eigenvalue weighted by atomic mass is 9.97. The van der Waals surface area contributed by atoms with Crippen LogP contribution in [-0.2, 0) is 6.54 Å². The predicted molar refractivity (Wildman–Crippen MR) is 105 cm³/mol. The largest absolute Gasteiger partial charge is 0.504 e. The van der Waals surface area contributed by atoms with Crippen molar-refractivity contribution in [2.24, 2.45) is 5.92 Å². The Labute approximate surface area is 155 Å². The summed E-state index contributed by atoms with van der Waals surface area (Å²) in [6.07, 6.45) is 2.57. The van der Waals surface area contributed by atoms with Gasteiger partial charge in [0.05, 0.1) is 0 Å². The molecule has 0 spiro atoms. The summed E-state index contributed by atoms with van der Waals surface area (Å²) in [6.45, 7) is 7.82. The van der Waals surface area contributed by atoms with E-state index in [1.807, 2.05) is 18.2 Å². The number of ether oxygens (including phenoxy) is 1. The van der Waals surface area contributed by atoms with Gasteiger partial charge in [0.15, 0.2) is 11.5 Å². The molecule has 2 N–H and O–H groups in total. The zero-order valence-electron chi connectivity index (χ0n) is 15.5. The third-order valence-corrected chi connectivity index (χ3v) is 5.57. The van der Waals surface area contributed by atoms with Crippen LogP contribution < -0.4 is 10.1 Å². The highest BCUT2D eigenvalue weighted by atomic mass is 16.5. The normalized spacial score (nSPS) is 20.9. The minimum absolute atomic E-state index is 0.252. The fourth-order valence-electron chi connectivity index (χ4n) is 4.21. The fourth-order valence-corrected chi connectivity index (χ4v) is 4.21. The van der Waals surface area contributed by atoms with Gasteiger partial charge in [-0.3, -0.25) is 4.90 Å². The number of piperidine rings is 1. The highest BCUT2D eigenvalue weighted by molar-refractivity contribution is 5.71. The molecule has 2 heterocycles. The first-order valence-corrected chi connectivity index (χ1v) is 9.68. The summed E-state index contributed by atoms with van der Waals surface area (Å²) in [7, 11) is 0. The summed E-state index contributed by atoms with van der Waals surface area (Å²) < 4.78 is 5.91. The number of fused-ring (bicyclic) bond motifs is 1. The molecule has 4 heteroatoms. The van der Waals surface area contributed by atoms with Crippen LogP contribution in [0.5, 0.6) is 11.5 Å². The molecule has 1 fully saturated rings. The molecule has 0 amide bonds. The van der Waals surface area contributed by atoms with E-state index in [1.165, 1.54) is 18.4 Å². The summed E-state index contributed by atoms with van der Waals surface area (Å²) >= 11 is 0. The Morgan fingerprint density at radius 1 is 1.27 bits per heavy atom. The first-order chi connectivity index (χ1) is 12.7. The number of benzene rings is 2. The van der Waals surface area contributed by atoms with Crippen molar-refractivity contribution < 1.29 is 9.84 Å². The maximum atomic E-state index is 10.6. The second-order valence-corrected chi connectivity index (χ2v) is 7.59. The Hall–Kier alpha value is -2.04. The van der Waals surface area contributed by atoms with Crippen LogP contribution in [0.15, 0.2) is 36.4 Å². The molecule has 0 radical (unpaired) electrons. The number of phenolic OH excluding ortho intramolecular Hbond substituents is 1. The summed E-state index contributed by atoms with van der Waals surface area (Å²) in [5.41, 5.74) is 4.53. The third kappa shape index (κ3) is 3.71. The molecule has 1 saturated heterocycles. The van der Waals surface area contributed by atoms with Gasteiger partial charge in [0.2, 0.25) is 0 Å². The molecule has 0 saturated carbocycles. The van der Waals surface area contributed by atoms with Gasteiger partial charge in [-0.1, -0.05) is 24.3 Å². The van der Waals surface area contributed by atoms with Crippen LogP contribution in [0.2, 0.25) is 0 Å². The van der Waals surface area contributed by atoms with Crippen molar-refractivity contribution in [3.05, 3.63) is 47.5 Å². The first kappa shape index (κ1) is 17.4. The molecule has 0 aliphatic carbocycles. The van der Waals surface area contributed by atoms with Gasteiger partial charge in [-0.15, -0.1) is 0 Å². The van der Waals surface area contributed by atoms with E-state index in [0.29, 0.717) is 18.3 Å². The molecule has 2 aromatic carbocycles. The quantitative estimate of drug-likeness (QED) is 0.887. The average Bonchev–Trinajstić information content (AvgIpc) is 2.85. The van der Waals surface area contributed by atoms with E-state index >= 15 is 0 Å². The number of aryl methyl sites for hydroxylation is 1. The monoisotopic (exact) mass is 352 g/mol. The number of hydrogen-bond donors (Lipinski definition) is 2. The molecule has 4 nitrogen and oxygen atoms in total. The van der Waals surface area contributed by atoms with Crippen molar-refractivity contribution in [1.29, 1.82) is 0 Å². The van der Waals surface area contributed by atoms with E-state index in [0.717, 1.165) is 49.4 Å². The molecule has 4 rings (SSSR count). The lowest BCUT2D eigenvalue weighted by Gasteiger charge is -2.29. The molecule has 0 bridgehead atoms. The number of phenols is 1. The van der Waals surface area contributed by atoms with E-state index < -0.39 is 0 Å². The van der Waals surface area contributed by atoms with Crippen LogP contribution in [0, 0.1) is 12.8 Å². The van der Waals surface area contributed by atoms with Gasteiger partial charge < -0.3 is 15.2 Å². The highest BCUT2D eigenvalue weighted by Crippen LogP contribution is 2.38. The number of hydrogen-bond acceptors (Lipinski definition) is 4. The molecular weight excluding hydrogens is 324 g/mol. The lowest BCUT2D eigenvalue weighted by molar-refractivity contribution is 0.182. The summed E-state index contributed by atoms with van der Waals surface area (Å²) in [5.74, 6) is 1.62. The van der Waals surface area contributed by atoms with E-state index in [1.54, 1.807) is 0 Å². The molecule has 1 atom stereocenters. The molecule has 2 aromatic rings. The summed E-state index contributed by atoms with van der Waals surface area (Å²) in [4.78, 5) is 2.48. The number of nitrogens with one attached hydrogen (secondary N) is 1. The van der Waals surface area contributed by atoms with Gasteiger partial charge in [0.25, 0.3) is 0 Å². The molecular formula is C22H28N2O2. The van der Waals surface area contributed by atoms with Crippen LogP contribution in [0.3, 0.4) is 0 Å². The second kappa shape index (κ2) is 7.68. The average molecular weight is 352 g/mol. The Balaban J connectivity index is 1.60. The van der Waals surface area contributed by atoms with E-state index in [9.17, 15) is 5.11 Å². The maximum Gasteiger partial charge on any atom is 0.165 e. The van der Waals surface area contributed by atoms with Gasteiger partial charge in [-0.2, -0.15) is 0 Å². The smallest absolute Gasteiger partial charge is 0.165 e. The van der Waals surface area contributed by atoms with Crippen LogP contribution in [0.25, 0.3) is 11.1 Å². The Kier molecular flexibility index (Phi) is 5.14. The van der Waals surface area contributed by atoms with Crippen molar-refractivity contribution >= 4 is 0 Å². The van der Waals surface area contributed by atoms with Crippen LogP contribution in [0.4, 0.5) is 0 Å². The van der Waals surface area contributed by atoms with Crippen molar-refractivity contribution in [1.82, 2.24) is 10.2 Å². The lowest BCUT2D eigenvalue weighted by Crippen LogP contribution is -2.38. The molecule has 0 unspecified atom stereocenters. The Morgan fingerprint density at radius 2 is 2.15 bits per heavy atom. The van der Waals surface area contributed by atoms with Gasteiger partial charge in [-0.25, -0.2) is 0 Å². The Bertz CT molecular complexity index is 769. The number of nitrogens with zero attached hydrogens (tertiary/aromatic N) is 1. The predicted octanol–water partition coefficient (Wildman–Crippen LogP) is 3.56. The maximum absolute atomic E-state index is 10.6. The molecule has 2 aliphatic rings. The molecule has 138 valence electrons. The van der Waals surface area contributed by atoms with Crippen molar-refractivity contribution in [3.8, 4) is 22.6 Å². The van der Waals surface area contributed by atoms with Crippen molar-refractivity contribution in [3.63, 3.8) is 0 Å². The van der Waals surface area contributed by atoms with Gasteiger partial charge in [0, 0.05) is 25.2 Å². The minimum atomic E-state index is 0.252. The van der Waals surface area contributed by atoms with E-state index in [2.05, 4.69) is 35.3 Å². The zero-order chi connectivity index (χ0) is 17.9. The SMILES string of the molecule is Cc1ccccc1-c1cc(O)c2c(c1)CN(C[C@@H]1CCCNC1)CCO2. The molecule has 2 aliphatic heterocycles. The van der Waals surface area contributed by atoms with Crippen molar-refractivity contribution in [2.75, 3.05) is 32.8 Å². The fraction of sp³-hybridized carbons (Fsp3) is 0.455. The van der Waals surface area contributed by atoms with Gasteiger partial charge in [-0.05, 0) is 67.6 Å². The standard InChI is InChI=1S/C22H28N2O2/c1-16-5-2-3-7-20(16)18-11-19-15-24(14-17-6-4-8-23-13-17)9-10-26-22(19)21(25)12-18/h2-3,5,7,11-12,17,23,25H,4,6,8-10,13-15H2,1H3/t17-/m1/s1. The molecule has 26 heavy (non-hydrogen) atoms. The van der Waals surface area contributed by atoms with Crippen molar-refractivity contribution in [2.45, 2.75) is 26.3 Å². The third-order valence-electron chi connectivity index (χ3n) is 5.57. The summed E-state index contributed by atoms with van der Waals surface area (Å²) in [6, 6.07) is 12.3. The second-order valence-electron chi connectivity index (χ2n) is 7.59. The van der Waals surface area contributed by atoms with Gasteiger partial charge in [0.1, 0.15) is 6.61 Å². The highest BCUT2D eigenvalue weighted by Gasteiger charge is 2.23. The first-order valence-electron chi connectivity index (χ1n) is 9.68. The van der Waals surface area contributed by atoms with Crippen LogP contribution in [-0.4, -0.2) is 42.8 Å². The van der Waals surface area contributed by atoms with Crippen LogP contribution in [0.1, 0.15) is 24.0 Å². The minimum Gasteiger partial charge on any atom is -0.504 e. The zero-order valence-corrected chi connectivity index (χ0v) is 15.5. The topological polar surface area (TPSA) is 44.7 Å². The number of rotatable bonds is 3. The number of aromatic hydroxyl groups is 1. The van der Waals surface area contributed by atoms with E-state index in [-0.39, 0.29) is 5.75 Å². The van der Waals surface area contributed by atoms with E-state index in [4.69, 9.17) is 4.74 Å². The Morgan fingerprint density at radius 3 is 2.96 bits per heavy atom. The summed E-state index contributed by atoms with van der Waals surface area (Å²) in [5, 5.41) is 14.1.